The number of nitrogens with one attached hydrogen (secondary N) is 4. The van der Waals surface area contributed by atoms with Crippen molar-refractivity contribution in [2.75, 3.05) is 10.6 Å². The monoisotopic (exact) mass is 752 g/mol. The molecule has 0 radical (unpaired) electrons. The third-order valence-corrected chi connectivity index (χ3v) is 8.14. The van der Waals surface area contributed by atoms with E-state index in [1.807, 2.05) is 0 Å². The van der Waals surface area contributed by atoms with Gasteiger partial charge < -0.3 is 31.5 Å². The maximum Gasteiger partial charge on any atom is 0.271 e. The Bertz CT molecular complexity index is 1830. The van der Waals surface area contributed by atoms with E-state index in [-0.39, 0.29) is 45.6 Å². The second-order valence-electron chi connectivity index (χ2n) is 11.2. The number of anilines is 2. The maximum atomic E-state index is 13.3. The third kappa shape index (κ3) is 10.5. The molecule has 4 amide bonds. The van der Waals surface area contributed by atoms with E-state index in [4.69, 9.17) is 23.2 Å². The van der Waals surface area contributed by atoms with Gasteiger partial charge in [0.1, 0.15) is 12.1 Å². The van der Waals surface area contributed by atoms with Crippen molar-refractivity contribution in [1.82, 2.24) is 10.6 Å². The van der Waals surface area contributed by atoms with Crippen LogP contribution in [0.2, 0.25) is 10.0 Å². The van der Waals surface area contributed by atoms with Gasteiger partial charge in [-0.2, -0.15) is 0 Å². The van der Waals surface area contributed by atoms with Crippen LogP contribution in [0.15, 0.2) is 97.1 Å². The quantitative estimate of drug-likeness (QED) is 0.0762. The number of nitro benzene ring substituents is 2. The molecule has 0 aliphatic carbocycles. The summed E-state index contributed by atoms with van der Waals surface area (Å²) in [7, 11) is 0. The van der Waals surface area contributed by atoms with Gasteiger partial charge in [0, 0.05) is 37.1 Å². The second kappa shape index (κ2) is 17.8. The van der Waals surface area contributed by atoms with Gasteiger partial charge in [0.2, 0.25) is 11.8 Å². The number of hydrogen-bond acceptors (Lipinski definition) is 10. The average molecular weight is 754 g/mol. The Balaban J connectivity index is 1.49. The van der Waals surface area contributed by atoms with E-state index < -0.39 is 57.8 Å². The van der Waals surface area contributed by atoms with Crippen molar-refractivity contribution in [3.8, 4) is 0 Å². The van der Waals surface area contributed by atoms with Gasteiger partial charge in [-0.05, 0) is 23.3 Å². The van der Waals surface area contributed by atoms with E-state index in [1.165, 1.54) is 12.1 Å². The minimum absolute atomic E-state index is 0.0118. The Morgan fingerprint density at radius 2 is 0.923 bits per heavy atom. The number of hydrogen-bond donors (Lipinski definition) is 6. The lowest BCUT2D eigenvalue weighted by Gasteiger charge is -2.24. The zero-order chi connectivity index (χ0) is 37.9. The van der Waals surface area contributed by atoms with Gasteiger partial charge in [0.05, 0.1) is 31.3 Å². The summed E-state index contributed by atoms with van der Waals surface area (Å²) in [4.78, 5) is 73.8. The van der Waals surface area contributed by atoms with Gasteiger partial charge in [-0.1, -0.05) is 83.9 Å². The molecule has 4 aromatic rings. The Labute approximate surface area is 305 Å². The van der Waals surface area contributed by atoms with Crippen molar-refractivity contribution in [1.29, 1.82) is 0 Å². The number of nitro groups is 2. The molecule has 270 valence electrons. The first-order chi connectivity index (χ1) is 24.7. The number of amides is 4. The van der Waals surface area contributed by atoms with Gasteiger partial charge in [0.15, 0.2) is 12.2 Å². The summed E-state index contributed by atoms with van der Waals surface area (Å²) < 4.78 is 0. The van der Waals surface area contributed by atoms with Gasteiger partial charge in [0.25, 0.3) is 23.2 Å². The molecule has 1 unspecified atom stereocenters. The molecule has 16 nitrogen and oxygen atoms in total. The first kappa shape index (κ1) is 38.9. The Kier molecular flexibility index (Phi) is 13.3. The lowest BCUT2D eigenvalue weighted by Crippen LogP contribution is -2.56. The van der Waals surface area contributed by atoms with E-state index in [0.29, 0.717) is 11.1 Å². The summed E-state index contributed by atoms with van der Waals surface area (Å²) in [5.41, 5.74) is 0.476. The van der Waals surface area contributed by atoms with Crippen LogP contribution in [0.5, 0.6) is 0 Å². The van der Waals surface area contributed by atoms with Crippen molar-refractivity contribution < 1.29 is 39.2 Å². The number of benzene rings is 4. The van der Waals surface area contributed by atoms with Crippen molar-refractivity contribution >= 4 is 69.6 Å². The molecule has 0 bridgehead atoms. The van der Waals surface area contributed by atoms with Crippen molar-refractivity contribution in [2.24, 2.45) is 0 Å². The largest absolute Gasteiger partial charge is 0.380 e. The molecule has 0 aliphatic rings. The van der Waals surface area contributed by atoms with E-state index in [0.717, 1.165) is 24.3 Å². The van der Waals surface area contributed by atoms with Gasteiger partial charge in [-0.15, -0.1) is 0 Å². The molecule has 0 aliphatic heterocycles. The van der Waals surface area contributed by atoms with Crippen LogP contribution in [0.25, 0.3) is 0 Å². The van der Waals surface area contributed by atoms with Crippen LogP contribution < -0.4 is 21.3 Å². The summed E-state index contributed by atoms with van der Waals surface area (Å²) in [5, 5.41) is 52.8. The highest BCUT2D eigenvalue weighted by Crippen LogP contribution is 2.28. The summed E-state index contributed by atoms with van der Waals surface area (Å²) >= 11 is 12.2. The third-order valence-electron chi connectivity index (χ3n) is 7.51. The molecule has 0 aromatic heterocycles. The van der Waals surface area contributed by atoms with E-state index in [9.17, 15) is 49.6 Å². The second-order valence-corrected chi connectivity index (χ2v) is 12.0. The van der Waals surface area contributed by atoms with Gasteiger partial charge >= 0.3 is 0 Å². The Morgan fingerprint density at radius 3 is 1.23 bits per heavy atom. The smallest absolute Gasteiger partial charge is 0.271 e. The molecule has 6 N–H and O–H groups in total. The van der Waals surface area contributed by atoms with Gasteiger partial charge in [-0.25, -0.2) is 0 Å². The average Bonchev–Trinajstić information content (AvgIpc) is 3.12. The topological polar surface area (TPSA) is 243 Å². The lowest BCUT2D eigenvalue weighted by atomic mass is 10.0. The summed E-state index contributed by atoms with van der Waals surface area (Å²) in [5.74, 6) is -4.34. The summed E-state index contributed by atoms with van der Waals surface area (Å²) in [6.07, 6.45) is -5.11. The number of halogens is 2. The first-order valence-electron chi connectivity index (χ1n) is 15.3. The predicted octanol–water partition coefficient (Wildman–Crippen LogP) is 3.56. The Morgan fingerprint density at radius 1 is 0.577 bits per heavy atom. The molecule has 4 aromatic carbocycles. The van der Waals surface area contributed by atoms with Gasteiger partial charge in [-0.3, -0.25) is 39.4 Å². The number of nitrogens with zero attached hydrogens (tertiary/aromatic N) is 2. The van der Waals surface area contributed by atoms with E-state index in [2.05, 4.69) is 21.3 Å². The molecule has 52 heavy (non-hydrogen) atoms. The van der Waals surface area contributed by atoms with Crippen LogP contribution in [0.1, 0.15) is 11.1 Å². The summed E-state index contributed by atoms with van der Waals surface area (Å²) in [6.45, 7) is 0. The zero-order valence-corrected chi connectivity index (χ0v) is 28.3. The van der Waals surface area contributed by atoms with Crippen LogP contribution >= 0.6 is 23.2 Å². The van der Waals surface area contributed by atoms with Crippen LogP contribution in [-0.4, -0.2) is 68.0 Å². The fraction of sp³-hybridized carbons (Fsp3) is 0.176. The van der Waals surface area contributed by atoms with Crippen LogP contribution in [-0.2, 0) is 32.0 Å². The maximum absolute atomic E-state index is 13.3. The molecular weight excluding hydrogens is 723 g/mol. The number of aliphatic hydroxyl groups is 2. The number of aliphatic hydroxyl groups excluding tert-OH is 2. The predicted molar refractivity (Wildman–Crippen MR) is 190 cm³/mol. The highest BCUT2D eigenvalue weighted by Gasteiger charge is 2.35. The molecule has 4 rings (SSSR count). The lowest BCUT2D eigenvalue weighted by molar-refractivity contribution is -0.385. The number of carbonyl (C=O) groups excluding carboxylic acids is 4. The van der Waals surface area contributed by atoms with Crippen LogP contribution in [0.3, 0.4) is 0 Å². The molecule has 18 heteroatoms. The highest BCUT2D eigenvalue weighted by molar-refractivity contribution is 6.34. The molecule has 0 spiro atoms. The number of rotatable bonds is 15. The molecule has 0 saturated heterocycles. The molecular formula is C34H30Cl2N6O10. The summed E-state index contributed by atoms with van der Waals surface area (Å²) in [6, 6.07) is 20.6. The minimum Gasteiger partial charge on any atom is -0.380 e. The Hall–Kier alpha value is -5.94. The van der Waals surface area contributed by atoms with Crippen LogP contribution in [0, 0.1) is 20.2 Å². The zero-order valence-electron chi connectivity index (χ0n) is 26.8. The number of non-ortho nitro benzene ring substituents is 2. The SMILES string of the molecule is O=C(Nc1ccc([N+](=O)[O-])cc1Cl)C(Cc1ccccc1)NC(=O)[C@H](O)[C@@H](O)C(=O)N[C@@H](Cc1ccccc1)C(=O)Nc1ccc([N+](=O)[O-])cc1Cl. The van der Waals surface area contributed by atoms with Crippen LogP contribution in [0.4, 0.5) is 22.7 Å². The van der Waals surface area contributed by atoms with E-state index >= 15 is 0 Å². The normalized spacial score (nSPS) is 13.1. The molecule has 0 fully saturated rings. The standard InChI is InChI=1S/C34H30Cl2N6O10/c35-23-17-21(41(49)50)11-13-25(23)37-31(45)27(15-19-7-3-1-4-8-19)39-33(47)29(43)30(44)34(48)40-28(16-20-9-5-2-6-10-20)32(46)38-26-14-12-22(42(51)52)18-24(26)36/h1-14,17-18,27-30,43-44H,15-16H2,(H,37,45)(H,38,46)(H,39,47)(H,40,48)/t27-,28?,29+,30+/m0/s1. The van der Waals surface area contributed by atoms with E-state index in [1.54, 1.807) is 60.7 Å². The molecule has 0 saturated carbocycles. The number of carbonyl (C=O) groups is 4. The first-order valence-corrected chi connectivity index (χ1v) is 16.0. The fourth-order valence-corrected chi connectivity index (χ4v) is 5.24. The molecule has 4 atom stereocenters. The fourth-order valence-electron chi connectivity index (χ4n) is 4.80. The van der Waals surface area contributed by atoms with Crippen molar-refractivity contribution in [3.05, 3.63) is 138 Å². The van der Waals surface area contributed by atoms with Crippen molar-refractivity contribution in [2.45, 2.75) is 37.1 Å². The minimum atomic E-state index is -2.43. The van der Waals surface area contributed by atoms with Crippen molar-refractivity contribution in [3.63, 3.8) is 0 Å². The molecule has 0 heterocycles. The highest BCUT2D eigenvalue weighted by atomic mass is 35.5.